The summed E-state index contributed by atoms with van der Waals surface area (Å²) in [5.41, 5.74) is 2.32. The number of benzene rings is 1. The molecule has 0 aliphatic carbocycles. The van der Waals surface area contributed by atoms with Crippen molar-refractivity contribution < 1.29 is 26.8 Å². The van der Waals surface area contributed by atoms with Crippen molar-refractivity contribution in [1.82, 2.24) is 35.1 Å². The molecular weight excluding hydrogens is 554 g/mol. The molecule has 0 amide bonds. The fourth-order valence-electron chi connectivity index (χ4n) is 5.27. The average molecular weight is 592 g/mol. The Kier molecular flexibility index (Phi) is 9.00. The molecule has 0 unspecified atom stereocenters. The summed E-state index contributed by atoms with van der Waals surface area (Å²) in [4.78, 5) is 4.36. The van der Waals surface area contributed by atoms with Gasteiger partial charge in [0.25, 0.3) is 0 Å². The molecule has 9 nitrogen and oxygen atoms in total. The van der Waals surface area contributed by atoms with Crippen LogP contribution in [-0.2, 0) is 36.4 Å². The highest BCUT2D eigenvalue weighted by molar-refractivity contribution is 5.88. The van der Waals surface area contributed by atoms with Gasteiger partial charge in [-0.1, -0.05) is 17.3 Å². The second-order valence-corrected chi connectivity index (χ2v) is 11.8. The third kappa shape index (κ3) is 7.37. The Morgan fingerprint density at radius 1 is 1.21 bits per heavy atom. The van der Waals surface area contributed by atoms with Crippen LogP contribution in [0, 0.1) is 5.92 Å². The van der Waals surface area contributed by atoms with E-state index in [0.717, 1.165) is 24.1 Å². The SMILES string of the molecule is CC(C)(C)n1cc(COCNCc2nc(-c3cc4c(CC[C@@H]5CCNC[C@@H]5F)cccc4n3CC(F)(F)F)no2)cn1. The molecule has 13 heteroatoms. The molecule has 1 fully saturated rings. The van der Waals surface area contributed by atoms with Gasteiger partial charge in [0.2, 0.25) is 11.7 Å². The number of fused-ring (bicyclic) bond motifs is 1. The Labute approximate surface area is 241 Å². The van der Waals surface area contributed by atoms with Crippen LogP contribution in [0.5, 0.6) is 0 Å². The van der Waals surface area contributed by atoms with Crippen LogP contribution in [0.4, 0.5) is 17.6 Å². The van der Waals surface area contributed by atoms with Gasteiger partial charge in [0.15, 0.2) is 0 Å². The molecule has 2 N–H and O–H groups in total. The molecule has 1 aliphatic rings. The van der Waals surface area contributed by atoms with Gasteiger partial charge in [-0.15, -0.1) is 0 Å². The summed E-state index contributed by atoms with van der Waals surface area (Å²) < 4.78 is 69.3. The van der Waals surface area contributed by atoms with Gasteiger partial charge < -0.3 is 19.1 Å². The number of hydrogen-bond donors (Lipinski definition) is 2. The van der Waals surface area contributed by atoms with Crippen molar-refractivity contribution in [2.45, 2.75) is 77.6 Å². The van der Waals surface area contributed by atoms with Gasteiger partial charge in [-0.2, -0.15) is 23.3 Å². The summed E-state index contributed by atoms with van der Waals surface area (Å²) in [5.74, 6) is 0.213. The van der Waals surface area contributed by atoms with Crippen LogP contribution in [0.25, 0.3) is 22.4 Å². The van der Waals surface area contributed by atoms with Crippen LogP contribution < -0.4 is 10.6 Å². The third-order valence-corrected chi connectivity index (χ3v) is 7.47. The molecule has 1 aromatic carbocycles. The van der Waals surface area contributed by atoms with Crippen LogP contribution in [0.2, 0.25) is 0 Å². The number of piperidine rings is 1. The van der Waals surface area contributed by atoms with Gasteiger partial charge in [0.1, 0.15) is 12.7 Å². The van der Waals surface area contributed by atoms with Crippen LogP contribution in [-0.4, -0.2) is 56.7 Å². The smallest absolute Gasteiger partial charge is 0.361 e. The van der Waals surface area contributed by atoms with E-state index in [9.17, 15) is 17.6 Å². The predicted octanol–water partition coefficient (Wildman–Crippen LogP) is 5.35. The van der Waals surface area contributed by atoms with Crippen molar-refractivity contribution in [3.8, 4) is 11.5 Å². The van der Waals surface area contributed by atoms with Gasteiger partial charge in [-0.05, 0) is 70.2 Å². The zero-order chi connectivity index (χ0) is 29.9. The highest BCUT2D eigenvalue weighted by Gasteiger charge is 2.31. The molecule has 1 saturated heterocycles. The topological polar surface area (TPSA) is 95.0 Å². The molecular formula is C29H37F4N7O2. The lowest BCUT2D eigenvalue weighted by molar-refractivity contribution is -0.139. The Hall–Kier alpha value is -3.29. The fraction of sp³-hybridized carbons (Fsp3) is 0.552. The van der Waals surface area contributed by atoms with E-state index in [0.29, 0.717) is 36.9 Å². The monoisotopic (exact) mass is 591 g/mol. The molecule has 0 bridgehead atoms. The number of aryl methyl sites for hydroxylation is 1. The maximum absolute atomic E-state index is 14.4. The Morgan fingerprint density at radius 2 is 2.05 bits per heavy atom. The zero-order valence-corrected chi connectivity index (χ0v) is 24.0. The summed E-state index contributed by atoms with van der Waals surface area (Å²) in [6.07, 6.45) is 0.240. The number of alkyl halides is 4. The Bertz CT molecular complexity index is 1470. The quantitative estimate of drug-likeness (QED) is 0.138. The van der Waals surface area contributed by atoms with Crippen molar-refractivity contribution in [2.75, 3.05) is 19.8 Å². The second kappa shape index (κ2) is 12.5. The largest absolute Gasteiger partial charge is 0.406 e. The number of halogens is 4. The number of nitrogens with zero attached hydrogens (tertiary/aromatic N) is 5. The number of nitrogens with one attached hydrogen (secondary N) is 2. The van der Waals surface area contributed by atoms with E-state index in [2.05, 4.69) is 46.6 Å². The minimum absolute atomic E-state index is 0.0656. The molecule has 4 heterocycles. The van der Waals surface area contributed by atoms with E-state index < -0.39 is 18.9 Å². The van der Waals surface area contributed by atoms with Gasteiger partial charge in [-0.3, -0.25) is 10.00 Å². The Morgan fingerprint density at radius 3 is 2.79 bits per heavy atom. The number of hydrogen-bond acceptors (Lipinski definition) is 7. The normalized spacial score (nSPS) is 18.3. The highest BCUT2D eigenvalue weighted by Crippen LogP contribution is 2.33. The summed E-state index contributed by atoms with van der Waals surface area (Å²) in [7, 11) is 0. The summed E-state index contributed by atoms with van der Waals surface area (Å²) in [6, 6.07) is 6.96. The van der Waals surface area contributed by atoms with Crippen molar-refractivity contribution in [2.24, 2.45) is 5.92 Å². The second-order valence-electron chi connectivity index (χ2n) is 11.8. The first-order valence-electron chi connectivity index (χ1n) is 14.2. The molecule has 0 radical (unpaired) electrons. The molecule has 42 heavy (non-hydrogen) atoms. The lowest BCUT2D eigenvalue weighted by Crippen LogP contribution is -2.38. The molecule has 2 atom stereocenters. The van der Waals surface area contributed by atoms with Crippen LogP contribution in [0.3, 0.4) is 0 Å². The van der Waals surface area contributed by atoms with E-state index in [1.165, 1.54) is 4.57 Å². The van der Waals surface area contributed by atoms with E-state index in [1.54, 1.807) is 24.4 Å². The third-order valence-electron chi connectivity index (χ3n) is 7.47. The van der Waals surface area contributed by atoms with Crippen LogP contribution >= 0.6 is 0 Å². The number of rotatable bonds is 11. The summed E-state index contributed by atoms with van der Waals surface area (Å²) >= 11 is 0. The molecule has 1 aliphatic heterocycles. The van der Waals surface area contributed by atoms with E-state index in [4.69, 9.17) is 9.26 Å². The summed E-state index contributed by atoms with van der Waals surface area (Å²) in [6.45, 7) is 6.84. The number of ether oxygens (including phenoxy) is 1. The van der Waals surface area contributed by atoms with Gasteiger partial charge >= 0.3 is 6.18 Å². The molecule has 5 rings (SSSR count). The zero-order valence-electron chi connectivity index (χ0n) is 24.0. The van der Waals surface area contributed by atoms with Crippen molar-refractivity contribution >= 4 is 10.9 Å². The summed E-state index contributed by atoms with van der Waals surface area (Å²) in [5, 5.41) is 15.1. The van der Waals surface area contributed by atoms with E-state index in [-0.39, 0.29) is 42.1 Å². The van der Waals surface area contributed by atoms with Crippen molar-refractivity contribution in [3.05, 3.63) is 53.7 Å². The molecule has 0 saturated carbocycles. The van der Waals surface area contributed by atoms with Crippen molar-refractivity contribution in [3.63, 3.8) is 0 Å². The highest BCUT2D eigenvalue weighted by atomic mass is 19.4. The average Bonchev–Trinajstić information content (AvgIpc) is 3.67. The van der Waals surface area contributed by atoms with E-state index in [1.807, 2.05) is 16.9 Å². The minimum atomic E-state index is -4.46. The van der Waals surface area contributed by atoms with Gasteiger partial charge in [0.05, 0.1) is 37.3 Å². The molecule has 228 valence electrons. The van der Waals surface area contributed by atoms with Crippen LogP contribution in [0.1, 0.15) is 50.6 Å². The lowest BCUT2D eigenvalue weighted by atomic mass is 9.89. The first-order chi connectivity index (χ1) is 20.0. The van der Waals surface area contributed by atoms with Crippen LogP contribution in [0.15, 0.2) is 41.2 Å². The van der Waals surface area contributed by atoms with Crippen molar-refractivity contribution in [1.29, 1.82) is 0 Å². The maximum Gasteiger partial charge on any atom is 0.406 e. The predicted molar refractivity (Wildman–Crippen MR) is 149 cm³/mol. The maximum atomic E-state index is 14.4. The minimum Gasteiger partial charge on any atom is -0.361 e. The first-order valence-corrected chi connectivity index (χ1v) is 14.2. The van der Waals surface area contributed by atoms with Gasteiger partial charge in [-0.25, -0.2) is 4.39 Å². The number of aromatic nitrogens is 5. The molecule has 3 aromatic heterocycles. The Balaban J connectivity index is 1.26. The van der Waals surface area contributed by atoms with Gasteiger partial charge in [0, 0.05) is 29.2 Å². The standard InChI is InChI=1S/C29H37F4N7O2/c1-28(2,3)40-15-19(12-36-40)16-41-18-35-14-26-37-27(38-42-26)25-11-22-20(7-8-21-9-10-34-13-23(21)30)5-4-6-24(22)39(25)17-29(31,32)33/h4-6,11-12,15,21,23,34-35H,7-10,13-14,16-18H2,1-3H3/t21-,23+/m1/s1. The first kappa shape index (κ1) is 30.2. The van der Waals surface area contributed by atoms with E-state index >= 15 is 0 Å². The molecule has 0 spiro atoms. The lowest BCUT2D eigenvalue weighted by Gasteiger charge is -2.26. The fourth-order valence-corrected chi connectivity index (χ4v) is 5.27. The molecule has 4 aromatic rings.